The summed E-state index contributed by atoms with van der Waals surface area (Å²) in [7, 11) is -4.44. The van der Waals surface area contributed by atoms with Gasteiger partial charge in [0, 0.05) is 0 Å². The molecule has 1 saturated heterocycles. The van der Waals surface area contributed by atoms with Crippen LogP contribution in [0.4, 0.5) is 10.2 Å². The molecule has 242 valence electrons. The number of carbonyl (C=O) groups is 2. The van der Waals surface area contributed by atoms with E-state index in [2.05, 4.69) is 15.2 Å². The Morgan fingerprint density at radius 2 is 1.93 bits per heavy atom. The number of halogens is 1. The fourth-order valence-corrected chi connectivity index (χ4v) is 6.26. The van der Waals surface area contributed by atoms with Crippen LogP contribution in [0.15, 0.2) is 42.5 Å². The molecule has 17 heteroatoms. The van der Waals surface area contributed by atoms with Crippen molar-refractivity contribution in [1.29, 1.82) is 5.26 Å². The standard InChI is InChI=1S/C28H34FN6O9P/c1-6-40-25(37)17(4)34-45(39,44-18-10-8-7-9-11-18)41-14-20-22(42-24(36)16(2)3)27(5,38)28(15-30,43-20)21-13-12-19-23(31)32-26(29)33-35(19)21/h7-13,16-17,20,22,38H,6,14H2,1-5H3,(H,34,39)(H2,31,32,33)/t17-,20+,22+,27+,28-,45?/m0/s1. The average molecular weight is 649 g/mol. The number of esters is 2. The van der Waals surface area contributed by atoms with Crippen molar-refractivity contribution < 1.29 is 46.9 Å². The maximum atomic E-state index is 14.2. The lowest BCUT2D eigenvalue weighted by Crippen LogP contribution is -2.54. The summed E-state index contributed by atoms with van der Waals surface area (Å²) in [6.07, 6.45) is -4.29. The summed E-state index contributed by atoms with van der Waals surface area (Å²) in [6, 6.07) is 11.4. The number of carbonyl (C=O) groups excluding carboxylic acids is 2. The summed E-state index contributed by atoms with van der Waals surface area (Å²) in [5, 5.41) is 28.7. The van der Waals surface area contributed by atoms with E-state index in [0.29, 0.717) is 0 Å². The van der Waals surface area contributed by atoms with E-state index in [1.165, 1.54) is 38.1 Å². The zero-order chi connectivity index (χ0) is 33.2. The van der Waals surface area contributed by atoms with E-state index in [9.17, 15) is 28.9 Å². The molecule has 4 N–H and O–H groups in total. The molecular formula is C28H34FN6O9P. The maximum Gasteiger partial charge on any atom is 0.459 e. The summed E-state index contributed by atoms with van der Waals surface area (Å²) in [5.41, 5.74) is 1.09. The number of nitrogens with two attached hydrogens (primary N) is 1. The second-order valence-electron chi connectivity index (χ2n) is 10.7. The minimum absolute atomic E-state index is 0.0641. The Hall–Kier alpha value is -4.13. The molecule has 0 radical (unpaired) electrons. The van der Waals surface area contributed by atoms with Gasteiger partial charge in [-0.2, -0.15) is 19.7 Å². The fourth-order valence-electron chi connectivity index (χ4n) is 4.76. The van der Waals surface area contributed by atoms with Crippen LogP contribution in [0.1, 0.15) is 40.3 Å². The smallest absolute Gasteiger partial charge is 0.459 e. The van der Waals surface area contributed by atoms with Crippen molar-refractivity contribution in [3.63, 3.8) is 0 Å². The number of aromatic nitrogens is 3. The Bertz CT molecular complexity index is 1650. The lowest BCUT2D eigenvalue weighted by molar-refractivity contribution is -0.168. The Kier molecular flexibility index (Phi) is 9.81. The average Bonchev–Trinajstić information content (AvgIpc) is 3.49. The van der Waals surface area contributed by atoms with Gasteiger partial charge in [0.1, 0.15) is 35.1 Å². The van der Waals surface area contributed by atoms with Crippen LogP contribution in [0.2, 0.25) is 0 Å². The Balaban J connectivity index is 1.75. The van der Waals surface area contributed by atoms with E-state index < -0.39 is 67.7 Å². The van der Waals surface area contributed by atoms with E-state index in [1.54, 1.807) is 39.0 Å². The molecule has 45 heavy (non-hydrogen) atoms. The van der Waals surface area contributed by atoms with Crippen LogP contribution < -0.4 is 15.3 Å². The number of rotatable bonds is 12. The molecular weight excluding hydrogens is 614 g/mol. The van der Waals surface area contributed by atoms with Crippen molar-refractivity contribution in [2.75, 3.05) is 18.9 Å². The zero-order valence-corrected chi connectivity index (χ0v) is 26.1. The quantitative estimate of drug-likeness (QED) is 0.191. The summed E-state index contributed by atoms with van der Waals surface area (Å²) in [5.74, 6) is -2.27. The van der Waals surface area contributed by atoms with E-state index in [-0.39, 0.29) is 29.4 Å². The number of hydrogen-bond donors (Lipinski definition) is 3. The molecule has 0 amide bonds. The fraction of sp³-hybridized carbons (Fsp3) is 0.464. The first kappa shape index (κ1) is 33.8. The highest BCUT2D eigenvalue weighted by molar-refractivity contribution is 7.52. The third-order valence-electron chi connectivity index (χ3n) is 7.05. The Morgan fingerprint density at radius 3 is 2.56 bits per heavy atom. The van der Waals surface area contributed by atoms with Crippen LogP contribution in [0.25, 0.3) is 5.52 Å². The minimum Gasteiger partial charge on any atom is -0.465 e. The molecule has 1 unspecified atom stereocenters. The number of para-hydroxylation sites is 1. The highest BCUT2D eigenvalue weighted by Gasteiger charge is 2.67. The summed E-state index contributed by atoms with van der Waals surface area (Å²) < 4.78 is 57.3. The first-order valence-electron chi connectivity index (χ1n) is 13.9. The van der Waals surface area contributed by atoms with Crippen LogP contribution in [0, 0.1) is 23.3 Å². The number of nitrogens with zero attached hydrogens (tertiary/aromatic N) is 4. The molecule has 0 spiro atoms. The van der Waals surface area contributed by atoms with Crippen LogP contribution in [0.3, 0.4) is 0 Å². The Labute approximate surface area is 257 Å². The number of nitriles is 1. The van der Waals surface area contributed by atoms with E-state index in [0.717, 1.165) is 4.52 Å². The van der Waals surface area contributed by atoms with Crippen LogP contribution >= 0.6 is 7.75 Å². The van der Waals surface area contributed by atoms with Gasteiger partial charge in [-0.1, -0.05) is 32.0 Å². The van der Waals surface area contributed by atoms with Gasteiger partial charge >= 0.3 is 25.8 Å². The van der Waals surface area contributed by atoms with Crippen LogP contribution in [-0.2, 0) is 38.5 Å². The van der Waals surface area contributed by atoms with Crippen molar-refractivity contribution in [1.82, 2.24) is 19.7 Å². The first-order valence-corrected chi connectivity index (χ1v) is 15.5. The number of aliphatic hydroxyl groups is 1. The van der Waals surface area contributed by atoms with Crippen molar-refractivity contribution in [2.24, 2.45) is 5.92 Å². The molecule has 1 aromatic carbocycles. The number of hydrogen-bond acceptors (Lipinski definition) is 13. The molecule has 1 fully saturated rings. The third-order valence-corrected chi connectivity index (χ3v) is 8.69. The normalized spacial score (nSPS) is 25.0. The lowest BCUT2D eigenvalue weighted by atomic mass is 9.80. The molecule has 0 bridgehead atoms. The van der Waals surface area contributed by atoms with Gasteiger partial charge in [0.15, 0.2) is 11.9 Å². The Morgan fingerprint density at radius 1 is 1.24 bits per heavy atom. The molecule has 1 aliphatic rings. The van der Waals surface area contributed by atoms with Gasteiger partial charge in [0.05, 0.1) is 24.8 Å². The van der Waals surface area contributed by atoms with Gasteiger partial charge in [-0.3, -0.25) is 14.1 Å². The molecule has 3 heterocycles. The van der Waals surface area contributed by atoms with Crippen LogP contribution in [0.5, 0.6) is 5.75 Å². The van der Waals surface area contributed by atoms with Crippen LogP contribution in [-0.4, -0.2) is 68.7 Å². The number of benzene rings is 1. The number of anilines is 1. The van der Waals surface area contributed by atoms with Gasteiger partial charge in [0.25, 0.3) is 0 Å². The maximum absolute atomic E-state index is 14.2. The second kappa shape index (κ2) is 13.1. The van der Waals surface area contributed by atoms with Gasteiger partial charge < -0.3 is 29.6 Å². The second-order valence-corrected chi connectivity index (χ2v) is 12.4. The minimum atomic E-state index is -4.44. The third kappa shape index (κ3) is 6.63. The molecule has 15 nitrogen and oxygen atoms in total. The predicted molar refractivity (Wildman–Crippen MR) is 155 cm³/mol. The molecule has 1 aliphatic heterocycles. The number of nitrogen functional groups attached to an aromatic ring is 1. The molecule has 2 aromatic heterocycles. The molecule has 3 aromatic rings. The van der Waals surface area contributed by atoms with Gasteiger partial charge in [0.2, 0.25) is 5.60 Å². The lowest BCUT2D eigenvalue weighted by Gasteiger charge is -2.34. The van der Waals surface area contributed by atoms with E-state index >= 15 is 0 Å². The number of nitrogens with one attached hydrogen (secondary N) is 1. The summed E-state index contributed by atoms with van der Waals surface area (Å²) >= 11 is 0. The highest BCUT2D eigenvalue weighted by Crippen LogP contribution is 2.51. The van der Waals surface area contributed by atoms with E-state index in [4.69, 9.17) is 29.0 Å². The molecule has 4 rings (SSSR count). The van der Waals surface area contributed by atoms with Crippen molar-refractivity contribution in [3.05, 3.63) is 54.2 Å². The van der Waals surface area contributed by atoms with Crippen molar-refractivity contribution >= 4 is 31.0 Å². The van der Waals surface area contributed by atoms with Crippen molar-refractivity contribution in [3.8, 4) is 11.8 Å². The van der Waals surface area contributed by atoms with Gasteiger partial charge in [-0.05, 0) is 45.0 Å². The largest absolute Gasteiger partial charge is 0.465 e. The summed E-state index contributed by atoms with van der Waals surface area (Å²) in [4.78, 5) is 28.6. The van der Waals surface area contributed by atoms with Gasteiger partial charge in [-0.15, -0.1) is 5.10 Å². The topological polar surface area (TPSA) is 210 Å². The molecule has 0 saturated carbocycles. The highest BCUT2D eigenvalue weighted by atomic mass is 31.2. The van der Waals surface area contributed by atoms with Crippen molar-refractivity contribution in [2.45, 2.75) is 64.1 Å². The monoisotopic (exact) mass is 648 g/mol. The predicted octanol–water partition coefficient (Wildman–Crippen LogP) is 2.63. The number of ether oxygens (including phenoxy) is 3. The molecule has 0 aliphatic carbocycles. The number of fused-ring (bicyclic) bond motifs is 1. The zero-order valence-electron chi connectivity index (χ0n) is 25.2. The van der Waals surface area contributed by atoms with Gasteiger partial charge in [-0.25, -0.2) is 9.08 Å². The van der Waals surface area contributed by atoms with E-state index in [1.807, 2.05) is 6.07 Å². The SMILES string of the molecule is CCOC(=O)[C@H](C)NP(=O)(OC[C@H]1O[C@@](C#N)(c2ccc3c(N)nc(F)nn23)[C@](C)(O)[C@@H]1OC(=O)C(C)C)Oc1ccccc1. The molecule has 6 atom stereocenters. The summed E-state index contributed by atoms with van der Waals surface area (Å²) in [6.45, 7) is 6.66. The first-order chi connectivity index (χ1) is 21.2.